The van der Waals surface area contributed by atoms with Gasteiger partial charge in [-0.05, 0) is 52.1 Å². The van der Waals surface area contributed by atoms with Crippen molar-refractivity contribution in [2.75, 3.05) is 0 Å². The molecule has 0 fully saturated rings. The molecule has 1 aliphatic rings. The van der Waals surface area contributed by atoms with Crippen LogP contribution in [0.2, 0.25) is 0 Å². The van der Waals surface area contributed by atoms with Gasteiger partial charge < -0.3 is 0 Å². The highest BCUT2D eigenvalue weighted by molar-refractivity contribution is 9.11. The summed E-state index contributed by atoms with van der Waals surface area (Å²) in [5.74, 6) is 0. The van der Waals surface area contributed by atoms with Gasteiger partial charge in [0.05, 0.1) is 5.41 Å². The van der Waals surface area contributed by atoms with Crippen molar-refractivity contribution in [3.05, 3.63) is 140 Å². The quantitative estimate of drug-likeness (QED) is 0.190. The summed E-state index contributed by atoms with van der Waals surface area (Å²) in [6.07, 6.45) is 0. The normalized spacial score (nSPS) is 13.8. The molecular weight excluding hydrogens is 564 g/mol. The van der Waals surface area contributed by atoms with Crippen molar-refractivity contribution in [3.8, 4) is 11.1 Å². The Kier molecular flexibility index (Phi) is 4.64. The van der Waals surface area contributed by atoms with Crippen LogP contribution in [0.4, 0.5) is 0 Å². The smallest absolute Gasteiger partial charge is 0.0714 e. The average molecular weight is 582 g/mol. The molecule has 5 aromatic carbocycles. The van der Waals surface area contributed by atoms with Gasteiger partial charge in [-0.3, -0.25) is 0 Å². The summed E-state index contributed by atoms with van der Waals surface area (Å²) in [5, 5.41) is 2.62. The summed E-state index contributed by atoms with van der Waals surface area (Å²) >= 11 is 9.67. The first-order valence-electron chi connectivity index (χ1n) is 11.3. The number of rotatable bonds is 2. The number of halogens is 2. The van der Waals surface area contributed by atoms with Gasteiger partial charge in [-0.25, -0.2) is 0 Å². The van der Waals surface area contributed by atoms with E-state index in [0.29, 0.717) is 0 Å². The Labute approximate surface area is 219 Å². The molecule has 6 aromatic rings. The van der Waals surface area contributed by atoms with Gasteiger partial charge >= 0.3 is 0 Å². The summed E-state index contributed by atoms with van der Waals surface area (Å²) < 4.78 is 4.92. The zero-order valence-electron chi connectivity index (χ0n) is 18.1. The average Bonchev–Trinajstić information content (AvgIpc) is 3.39. The summed E-state index contributed by atoms with van der Waals surface area (Å²) in [7, 11) is 0. The summed E-state index contributed by atoms with van der Waals surface area (Å²) in [6, 6.07) is 39.9. The highest BCUT2D eigenvalue weighted by Crippen LogP contribution is 2.60. The van der Waals surface area contributed by atoms with Crippen molar-refractivity contribution < 1.29 is 0 Å². The second-order valence-corrected chi connectivity index (χ2v) is 11.6. The number of fused-ring (bicyclic) bond motifs is 7. The lowest BCUT2D eigenvalue weighted by molar-refractivity contribution is 0.768. The third kappa shape index (κ3) is 2.69. The van der Waals surface area contributed by atoms with Crippen molar-refractivity contribution in [2.24, 2.45) is 0 Å². The van der Waals surface area contributed by atoms with Crippen LogP contribution in [0.15, 0.2) is 118 Å². The molecule has 7 rings (SSSR count). The van der Waals surface area contributed by atoms with E-state index in [-0.39, 0.29) is 5.41 Å². The molecule has 0 spiro atoms. The van der Waals surface area contributed by atoms with Gasteiger partial charge in [0, 0.05) is 34.7 Å². The lowest BCUT2D eigenvalue weighted by Crippen LogP contribution is -2.28. The molecule has 0 bridgehead atoms. The highest BCUT2D eigenvalue weighted by atomic mass is 79.9. The van der Waals surface area contributed by atoms with Crippen LogP contribution in [0.25, 0.3) is 31.3 Å². The Balaban J connectivity index is 1.74. The summed E-state index contributed by atoms with van der Waals surface area (Å²) in [4.78, 5) is 0. The van der Waals surface area contributed by atoms with Crippen LogP contribution in [-0.2, 0) is 5.41 Å². The largest absolute Gasteiger partial charge is 0.134 e. The number of thiophene rings is 1. The lowest BCUT2D eigenvalue weighted by Gasteiger charge is -2.34. The second-order valence-electron chi connectivity index (χ2n) is 8.76. The van der Waals surface area contributed by atoms with Crippen molar-refractivity contribution in [2.45, 2.75) is 5.41 Å². The van der Waals surface area contributed by atoms with Gasteiger partial charge in [-0.1, -0.05) is 117 Å². The van der Waals surface area contributed by atoms with Crippen molar-refractivity contribution >= 4 is 63.4 Å². The molecule has 0 saturated heterocycles. The Hall–Kier alpha value is -2.72. The molecule has 34 heavy (non-hydrogen) atoms. The fourth-order valence-electron chi connectivity index (χ4n) is 5.78. The van der Waals surface area contributed by atoms with Gasteiger partial charge in [0.15, 0.2) is 0 Å². The molecular formula is C31H18Br2S. The van der Waals surface area contributed by atoms with Crippen LogP contribution in [0.5, 0.6) is 0 Å². The molecule has 0 radical (unpaired) electrons. The van der Waals surface area contributed by atoms with E-state index < -0.39 is 0 Å². The molecule has 0 nitrogen and oxygen atoms in total. The van der Waals surface area contributed by atoms with Crippen LogP contribution in [-0.4, -0.2) is 0 Å². The van der Waals surface area contributed by atoms with Crippen LogP contribution in [0.1, 0.15) is 22.3 Å². The van der Waals surface area contributed by atoms with E-state index >= 15 is 0 Å². The predicted molar refractivity (Wildman–Crippen MR) is 152 cm³/mol. The molecule has 0 atom stereocenters. The van der Waals surface area contributed by atoms with E-state index in [1.807, 2.05) is 11.3 Å². The van der Waals surface area contributed by atoms with Gasteiger partial charge in [0.25, 0.3) is 0 Å². The molecule has 0 aliphatic heterocycles. The van der Waals surface area contributed by atoms with Gasteiger partial charge in [0.1, 0.15) is 0 Å². The maximum Gasteiger partial charge on any atom is 0.0714 e. The van der Waals surface area contributed by atoms with E-state index in [1.165, 1.54) is 53.6 Å². The Morgan fingerprint density at radius 3 is 1.97 bits per heavy atom. The van der Waals surface area contributed by atoms with Gasteiger partial charge in [-0.2, -0.15) is 0 Å². The monoisotopic (exact) mass is 580 g/mol. The van der Waals surface area contributed by atoms with Crippen LogP contribution < -0.4 is 0 Å². The fraction of sp³-hybridized carbons (Fsp3) is 0.0323. The SMILES string of the molecule is Brc1ccc2c(c1)-c1c(cc(Br)c3c1sc1ccccc13)C2(c1ccccc1)c1ccccc1. The molecule has 1 aliphatic carbocycles. The van der Waals surface area contributed by atoms with Crippen LogP contribution in [0.3, 0.4) is 0 Å². The molecule has 3 heteroatoms. The minimum atomic E-state index is -0.388. The lowest BCUT2D eigenvalue weighted by atomic mass is 9.68. The number of hydrogen-bond donors (Lipinski definition) is 0. The molecule has 0 amide bonds. The topological polar surface area (TPSA) is 0 Å². The Bertz CT molecular complexity index is 1680. The van der Waals surface area contributed by atoms with Crippen molar-refractivity contribution in [1.29, 1.82) is 0 Å². The summed E-state index contributed by atoms with van der Waals surface area (Å²) in [6.45, 7) is 0. The third-order valence-electron chi connectivity index (χ3n) is 7.07. The fourth-order valence-corrected chi connectivity index (χ4v) is 8.20. The second kappa shape index (κ2) is 7.64. The van der Waals surface area contributed by atoms with Crippen molar-refractivity contribution in [1.82, 2.24) is 0 Å². The third-order valence-corrected chi connectivity index (χ3v) is 9.38. The minimum absolute atomic E-state index is 0.388. The predicted octanol–water partition coefficient (Wildman–Crippen LogP) is 9.94. The molecule has 162 valence electrons. The Morgan fingerprint density at radius 1 is 0.618 bits per heavy atom. The number of benzene rings is 5. The molecule has 0 unspecified atom stereocenters. The minimum Gasteiger partial charge on any atom is -0.134 e. The van der Waals surface area contributed by atoms with E-state index in [9.17, 15) is 0 Å². The number of hydrogen-bond acceptors (Lipinski definition) is 1. The first kappa shape index (κ1) is 20.6. The maximum atomic E-state index is 4.00. The molecule has 1 heterocycles. The zero-order valence-corrected chi connectivity index (χ0v) is 22.0. The van der Waals surface area contributed by atoms with E-state index in [0.717, 1.165) is 8.95 Å². The van der Waals surface area contributed by atoms with Crippen LogP contribution in [0, 0.1) is 0 Å². The highest BCUT2D eigenvalue weighted by Gasteiger charge is 2.47. The van der Waals surface area contributed by atoms with E-state index in [1.54, 1.807) is 0 Å². The molecule has 0 saturated carbocycles. The summed E-state index contributed by atoms with van der Waals surface area (Å²) in [5.41, 5.74) is 7.51. The van der Waals surface area contributed by atoms with Gasteiger partial charge in [-0.15, -0.1) is 11.3 Å². The first-order valence-corrected chi connectivity index (χ1v) is 13.7. The van der Waals surface area contributed by atoms with Crippen molar-refractivity contribution in [3.63, 3.8) is 0 Å². The zero-order chi connectivity index (χ0) is 22.9. The standard InChI is InChI=1S/C31H18Br2S/c32-21-15-16-24-23(17-21)28-25(18-26(33)29-22-13-7-8-14-27(22)34-30(28)29)31(24,19-9-3-1-4-10-19)20-11-5-2-6-12-20/h1-18H. The van der Waals surface area contributed by atoms with E-state index in [4.69, 9.17) is 0 Å². The molecule has 1 aromatic heterocycles. The van der Waals surface area contributed by atoms with Crippen LogP contribution >= 0.6 is 43.2 Å². The molecule has 0 N–H and O–H groups in total. The first-order chi connectivity index (χ1) is 16.7. The van der Waals surface area contributed by atoms with Gasteiger partial charge in [0.2, 0.25) is 0 Å². The van der Waals surface area contributed by atoms with E-state index in [2.05, 4.69) is 141 Å². The Morgan fingerprint density at radius 2 is 1.26 bits per heavy atom. The maximum absolute atomic E-state index is 4.00.